The monoisotopic (exact) mass is 240 g/mol. The Bertz CT molecular complexity index is 287. The number of carbonyl (C=O) groups is 2. The molecule has 17 heavy (non-hydrogen) atoms. The number of nitrogens with zero attached hydrogens (tertiary/aromatic N) is 2. The Morgan fingerprint density at radius 3 is 2.53 bits per heavy atom. The zero-order valence-corrected chi connectivity index (χ0v) is 10.0. The molecule has 2 fully saturated rings. The summed E-state index contributed by atoms with van der Waals surface area (Å²) in [6.45, 7) is 2.63. The van der Waals surface area contributed by atoms with E-state index in [9.17, 15) is 14.7 Å². The van der Waals surface area contributed by atoms with Crippen molar-refractivity contribution in [2.45, 2.75) is 31.8 Å². The Balaban J connectivity index is 1.88. The molecule has 2 rings (SSSR count). The fourth-order valence-electron chi connectivity index (χ4n) is 2.65. The number of piperidine rings is 2. The van der Waals surface area contributed by atoms with Crippen molar-refractivity contribution in [3.63, 3.8) is 0 Å². The number of hydrogen-bond donors (Lipinski definition) is 1. The largest absolute Gasteiger partial charge is 0.393 e. The first-order chi connectivity index (χ1) is 8.20. The molecule has 0 bridgehead atoms. The third-order valence-corrected chi connectivity index (χ3v) is 3.73. The van der Waals surface area contributed by atoms with Crippen LogP contribution in [-0.4, -0.2) is 59.5 Å². The van der Waals surface area contributed by atoms with Crippen molar-refractivity contribution in [2.24, 2.45) is 5.92 Å². The van der Waals surface area contributed by atoms with E-state index in [1.165, 1.54) is 0 Å². The Morgan fingerprint density at radius 1 is 1.18 bits per heavy atom. The highest BCUT2D eigenvalue weighted by atomic mass is 16.3. The first-order valence-electron chi connectivity index (χ1n) is 6.37. The average molecular weight is 240 g/mol. The van der Waals surface area contributed by atoms with Gasteiger partial charge in [0.05, 0.1) is 12.0 Å². The Labute approximate surface area is 101 Å². The molecule has 1 atom stereocenters. The minimum Gasteiger partial charge on any atom is -0.393 e. The molecule has 0 aromatic heterocycles. The third-order valence-electron chi connectivity index (χ3n) is 3.73. The molecule has 2 aliphatic heterocycles. The summed E-state index contributed by atoms with van der Waals surface area (Å²) in [6.07, 6.45) is 3.72. The molecule has 2 amide bonds. The number of likely N-dealkylation sites (tertiary alicyclic amines) is 2. The lowest BCUT2D eigenvalue weighted by Gasteiger charge is -2.35. The smallest absolute Gasteiger partial charge is 0.227 e. The SMILES string of the molecule is O=CN1CCC[C@H](C(=O)N2CCC(O)CC2)C1. The second-order valence-corrected chi connectivity index (χ2v) is 5.00. The van der Waals surface area contributed by atoms with Gasteiger partial charge in [-0.2, -0.15) is 0 Å². The van der Waals surface area contributed by atoms with Crippen LogP contribution in [0.3, 0.4) is 0 Å². The summed E-state index contributed by atoms with van der Waals surface area (Å²) >= 11 is 0. The first-order valence-corrected chi connectivity index (χ1v) is 6.37. The van der Waals surface area contributed by atoms with Crippen molar-refractivity contribution in [1.82, 2.24) is 9.80 Å². The molecule has 0 aromatic carbocycles. The van der Waals surface area contributed by atoms with Crippen LogP contribution in [0.1, 0.15) is 25.7 Å². The van der Waals surface area contributed by atoms with Crippen LogP contribution >= 0.6 is 0 Å². The predicted molar refractivity (Wildman–Crippen MR) is 62.2 cm³/mol. The maximum atomic E-state index is 12.2. The van der Waals surface area contributed by atoms with E-state index in [-0.39, 0.29) is 17.9 Å². The molecule has 1 N–H and O–H groups in total. The van der Waals surface area contributed by atoms with Gasteiger partial charge in [0, 0.05) is 26.2 Å². The first kappa shape index (κ1) is 12.4. The maximum absolute atomic E-state index is 12.2. The Hall–Kier alpha value is -1.10. The van der Waals surface area contributed by atoms with Gasteiger partial charge in [-0.05, 0) is 25.7 Å². The lowest BCUT2D eigenvalue weighted by molar-refractivity contribution is -0.140. The number of aliphatic hydroxyl groups is 1. The van der Waals surface area contributed by atoms with Crippen molar-refractivity contribution in [2.75, 3.05) is 26.2 Å². The normalized spacial score (nSPS) is 27.0. The summed E-state index contributed by atoms with van der Waals surface area (Å²) in [6, 6.07) is 0. The molecule has 0 aromatic rings. The number of amides is 2. The summed E-state index contributed by atoms with van der Waals surface area (Å²) in [5, 5.41) is 9.41. The number of hydrogen-bond acceptors (Lipinski definition) is 3. The third kappa shape index (κ3) is 2.97. The van der Waals surface area contributed by atoms with E-state index in [1.54, 1.807) is 4.90 Å². The molecule has 5 nitrogen and oxygen atoms in total. The van der Waals surface area contributed by atoms with E-state index in [1.807, 2.05) is 4.90 Å². The van der Waals surface area contributed by atoms with Crippen LogP contribution in [0, 0.1) is 5.92 Å². The summed E-state index contributed by atoms with van der Waals surface area (Å²) < 4.78 is 0. The van der Waals surface area contributed by atoms with Gasteiger partial charge in [0.2, 0.25) is 12.3 Å². The van der Waals surface area contributed by atoms with Crippen LogP contribution in [0.5, 0.6) is 0 Å². The van der Waals surface area contributed by atoms with E-state index in [0.717, 1.165) is 25.8 Å². The minimum atomic E-state index is -0.253. The van der Waals surface area contributed by atoms with E-state index in [4.69, 9.17) is 0 Å². The topological polar surface area (TPSA) is 60.9 Å². The van der Waals surface area contributed by atoms with Crippen LogP contribution in [-0.2, 0) is 9.59 Å². The van der Waals surface area contributed by atoms with Crippen LogP contribution in [0.15, 0.2) is 0 Å². The van der Waals surface area contributed by atoms with E-state index in [2.05, 4.69) is 0 Å². The van der Waals surface area contributed by atoms with Gasteiger partial charge in [-0.25, -0.2) is 0 Å². The predicted octanol–water partition coefficient (Wildman–Crippen LogP) is -0.162. The number of aliphatic hydroxyl groups excluding tert-OH is 1. The molecule has 0 spiro atoms. The van der Waals surface area contributed by atoms with Crippen LogP contribution in [0.2, 0.25) is 0 Å². The zero-order chi connectivity index (χ0) is 12.3. The highest BCUT2D eigenvalue weighted by Crippen LogP contribution is 2.20. The van der Waals surface area contributed by atoms with Gasteiger partial charge >= 0.3 is 0 Å². The lowest BCUT2D eigenvalue weighted by atomic mass is 9.95. The van der Waals surface area contributed by atoms with E-state index in [0.29, 0.717) is 32.5 Å². The molecular weight excluding hydrogens is 220 g/mol. The van der Waals surface area contributed by atoms with Crippen molar-refractivity contribution < 1.29 is 14.7 Å². The standard InChI is InChI=1S/C12H20N2O3/c15-9-13-5-1-2-10(8-13)12(17)14-6-3-11(16)4-7-14/h9-11,16H,1-8H2/t10-/m0/s1. The fraction of sp³-hybridized carbons (Fsp3) is 0.833. The summed E-state index contributed by atoms with van der Waals surface area (Å²) in [5.74, 6) is 0.118. The molecule has 0 unspecified atom stereocenters. The number of rotatable bonds is 2. The van der Waals surface area contributed by atoms with Gasteiger partial charge in [0.15, 0.2) is 0 Å². The van der Waals surface area contributed by atoms with Gasteiger partial charge in [0.25, 0.3) is 0 Å². The van der Waals surface area contributed by atoms with Crippen molar-refractivity contribution in [3.05, 3.63) is 0 Å². The van der Waals surface area contributed by atoms with Gasteiger partial charge in [-0.3, -0.25) is 9.59 Å². The second-order valence-electron chi connectivity index (χ2n) is 5.00. The second kappa shape index (κ2) is 5.49. The molecule has 5 heteroatoms. The molecule has 2 heterocycles. The van der Waals surface area contributed by atoms with Crippen molar-refractivity contribution >= 4 is 12.3 Å². The molecule has 0 radical (unpaired) electrons. The van der Waals surface area contributed by atoms with Crippen LogP contribution in [0.4, 0.5) is 0 Å². The van der Waals surface area contributed by atoms with Gasteiger partial charge in [0.1, 0.15) is 0 Å². The molecule has 96 valence electrons. The van der Waals surface area contributed by atoms with Gasteiger partial charge < -0.3 is 14.9 Å². The summed E-state index contributed by atoms with van der Waals surface area (Å²) in [5.41, 5.74) is 0. The van der Waals surface area contributed by atoms with Gasteiger partial charge in [-0.15, -0.1) is 0 Å². The molecule has 0 saturated carbocycles. The molecule has 2 saturated heterocycles. The fourth-order valence-corrected chi connectivity index (χ4v) is 2.65. The Morgan fingerprint density at radius 2 is 1.88 bits per heavy atom. The molecular formula is C12H20N2O3. The molecule has 0 aliphatic carbocycles. The molecule has 2 aliphatic rings. The number of carbonyl (C=O) groups excluding carboxylic acids is 2. The van der Waals surface area contributed by atoms with Crippen LogP contribution in [0.25, 0.3) is 0 Å². The maximum Gasteiger partial charge on any atom is 0.227 e. The summed E-state index contributed by atoms with van der Waals surface area (Å²) in [4.78, 5) is 26.5. The highest BCUT2D eigenvalue weighted by Gasteiger charge is 2.30. The van der Waals surface area contributed by atoms with E-state index >= 15 is 0 Å². The Kier molecular flexibility index (Phi) is 3.99. The zero-order valence-electron chi connectivity index (χ0n) is 10.0. The van der Waals surface area contributed by atoms with Crippen molar-refractivity contribution in [1.29, 1.82) is 0 Å². The summed E-state index contributed by atoms with van der Waals surface area (Å²) in [7, 11) is 0. The average Bonchev–Trinajstić information content (AvgIpc) is 2.39. The van der Waals surface area contributed by atoms with Crippen LogP contribution < -0.4 is 0 Å². The van der Waals surface area contributed by atoms with Crippen molar-refractivity contribution in [3.8, 4) is 0 Å². The quantitative estimate of drug-likeness (QED) is 0.682. The van der Waals surface area contributed by atoms with Gasteiger partial charge in [-0.1, -0.05) is 0 Å². The lowest BCUT2D eigenvalue weighted by Crippen LogP contribution is -2.47. The van der Waals surface area contributed by atoms with E-state index < -0.39 is 0 Å². The minimum absolute atomic E-state index is 0.0378. The highest BCUT2D eigenvalue weighted by molar-refractivity contribution is 5.79.